The monoisotopic (exact) mass is 311 g/mol. The fourth-order valence-electron chi connectivity index (χ4n) is 2.51. The van der Waals surface area contributed by atoms with E-state index in [1.165, 1.54) is 18.1 Å². The minimum absolute atomic E-state index is 0.0471. The van der Waals surface area contributed by atoms with Gasteiger partial charge in [0.2, 0.25) is 5.91 Å². The number of likely N-dealkylation sites (N-methyl/N-ethyl adjacent to an activating group) is 1. The second kappa shape index (κ2) is 7.88. The van der Waals surface area contributed by atoms with Crippen molar-refractivity contribution in [2.24, 2.45) is 0 Å². The molecule has 0 saturated heterocycles. The summed E-state index contributed by atoms with van der Waals surface area (Å²) in [5.41, 5.74) is 4.44. The van der Waals surface area contributed by atoms with Gasteiger partial charge in [0, 0.05) is 43.5 Å². The van der Waals surface area contributed by atoms with Crippen molar-refractivity contribution in [2.75, 3.05) is 12.4 Å². The molecule has 0 radical (unpaired) electrons. The van der Waals surface area contributed by atoms with Gasteiger partial charge in [0.25, 0.3) is 0 Å². The number of nitrogens with zero attached hydrogens (tertiary/aromatic N) is 2. The third-order valence-electron chi connectivity index (χ3n) is 3.94. The van der Waals surface area contributed by atoms with Crippen molar-refractivity contribution in [1.82, 2.24) is 9.88 Å². The number of anilines is 1. The third kappa shape index (κ3) is 5.49. The Labute approximate surface area is 138 Å². The predicted molar refractivity (Wildman–Crippen MR) is 94.4 cm³/mol. The smallest absolute Gasteiger partial charge is 0.221 e. The summed E-state index contributed by atoms with van der Waals surface area (Å²) in [6.45, 7) is 6.70. The van der Waals surface area contributed by atoms with Gasteiger partial charge in [-0.05, 0) is 56.3 Å². The van der Waals surface area contributed by atoms with E-state index in [0.717, 1.165) is 24.3 Å². The van der Waals surface area contributed by atoms with E-state index < -0.39 is 0 Å². The van der Waals surface area contributed by atoms with Gasteiger partial charge in [0.05, 0.1) is 0 Å². The Morgan fingerprint density at radius 3 is 2.57 bits per heavy atom. The predicted octanol–water partition coefficient (Wildman–Crippen LogP) is 3.41. The van der Waals surface area contributed by atoms with Crippen molar-refractivity contribution in [3.8, 4) is 0 Å². The van der Waals surface area contributed by atoms with Gasteiger partial charge in [-0.2, -0.15) is 0 Å². The van der Waals surface area contributed by atoms with Gasteiger partial charge in [-0.15, -0.1) is 0 Å². The van der Waals surface area contributed by atoms with Gasteiger partial charge in [-0.3, -0.25) is 14.7 Å². The highest BCUT2D eigenvalue weighted by atomic mass is 16.1. The van der Waals surface area contributed by atoms with Crippen molar-refractivity contribution < 1.29 is 4.79 Å². The molecule has 1 amide bonds. The Balaban J connectivity index is 1.92. The van der Waals surface area contributed by atoms with E-state index in [1.807, 2.05) is 24.4 Å². The summed E-state index contributed by atoms with van der Waals surface area (Å²) in [7, 11) is 2.13. The number of carbonyl (C=O) groups is 1. The van der Waals surface area contributed by atoms with Crippen LogP contribution in [0.1, 0.15) is 30.7 Å². The van der Waals surface area contributed by atoms with Crippen LogP contribution in [0.4, 0.5) is 5.69 Å². The van der Waals surface area contributed by atoms with Gasteiger partial charge in [0.1, 0.15) is 0 Å². The van der Waals surface area contributed by atoms with Crippen LogP contribution in [0.5, 0.6) is 0 Å². The summed E-state index contributed by atoms with van der Waals surface area (Å²) in [6.07, 6.45) is 2.81. The van der Waals surface area contributed by atoms with Gasteiger partial charge in [-0.1, -0.05) is 12.1 Å². The Bertz CT molecular complexity index is 652. The molecule has 2 rings (SSSR count). The number of pyridine rings is 1. The molecule has 0 fully saturated rings. The van der Waals surface area contributed by atoms with Crippen LogP contribution in [-0.4, -0.2) is 28.9 Å². The number of amides is 1. The molecule has 0 aliphatic heterocycles. The van der Waals surface area contributed by atoms with Crippen molar-refractivity contribution in [1.29, 1.82) is 0 Å². The van der Waals surface area contributed by atoms with E-state index in [-0.39, 0.29) is 5.91 Å². The Kier molecular flexibility index (Phi) is 5.88. The van der Waals surface area contributed by atoms with Gasteiger partial charge < -0.3 is 5.32 Å². The maximum absolute atomic E-state index is 11.0. The zero-order valence-electron chi connectivity index (χ0n) is 14.3. The Morgan fingerprint density at radius 1 is 1.26 bits per heavy atom. The molecule has 122 valence electrons. The quantitative estimate of drug-likeness (QED) is 0.889. The highest BCUT2D eigenvalue weighted by Gasteiger charge is 2.11. The number of hydrogen-bond acceptors (Lipinski definition) is 3. The topological polar surface area (TPSA) is 45.2 Å². The van der Waals surface area contributed by atoms with Crippen LogP contribution in [0.25, 0.3) is 0 Å². The molecule has 0 spiro atoms. The van der Waals surface area contributed by atoms with Crippen LogP contribution < -0.4 is 5.32 Å². The van der Waals surface area contributed by atoms with Crippen molar-refractivity contribution >= 4 is 11.6 Å². The fourth-order valence-corrected chi connectivity index (χ4v) is 2.51. The molecular formula is C19H25N3O. The minimum atomic E-state index is -0.0471. The molecule has 23 heavy (non-hydrogen) atoms. The molecule has 0 aliphatic rings. The molecule has 4 heteroatoms. The van der Waals surface area contributed by atoms with E-state index in [0.29, 0.717) is 6.04 Å². The molecule has 4 nitrogen and oxygen atoms in total. The Hall–Kier alpha value is -2.20. The first-order chi connectivity index (χ1) is 10.9. The van der Waals surface area contributed by atoms with E-state index >= 15 is 0 Å². The lowest BCUT2D eigenvalue weighted by Gasteiger charge is -2.24. The van der Waals surface area contributed by atoms with E-state index in [4.69, 9.17) is 0 Å². The standard InChI is InChI=1S/C19H25N3O/c1-14-9-10-20-19(11-14)12-15(2)22(4)13-17-5-7-18(8-6-17)21-16(3)23/h5-11,15H,12-13H2,1-4H3,(H,21,23)/t15-/m1/s1. The summed E-state index contributed by atoms with van der Waals surface area (Å²) in [5, 5.41) is 2.79. The minimum Gasteiger partial charge on any atom is -0.326 e. The first-order valence-electron chi connectivity index (χ1n) is 7.92. The second-order valence-electron chi connectivity index (χ2n) is 6.17. The number of aromatic nitrogens is 1. The zero-order valence-corrected chi connectivity index (χ0v) is 14.3. The zero-order chi connectivity index (χ0) is 16.8. The number of rotatable bonds is 6. The summed E-state index contributed by atoms with van der Waals surface area (Å²) in [6, 6.07) is 12.6. The third-order valence-corrected chi connectivity index (χ3v) is 3.94. The first kappa shape index (κ1) is 17.2. The van der Waals surface area contributed by atoms with Gasteiger partial charge >= 0.3 is 0 Å². The number of carbonyl (C=O) groups excluding carboxylic acids is 1. The van der Waals surface area contributed by atoms with Crippen LogP contribution in [0.3, 0.4) is 0 Å². The van der Waals surface area contributed by atoms with Gasteiger partial charge in [0.15, 0.2) is 0 Å². The Morgan fingerprint density at radius 2 is 1.96 bits per heavy atom. The molecule has 0 bridgehead atoms. The normalized spacial score (nSPS) is 12.2. The van der Waals surface area contributed by atoms with E-state index in [2.05, 4.69) is 54.3 Å². The van der Waals surface area contributed by atoms with Crippen LogP contribution in [0.2, 0.25) is 0 Å². The molecule has 2 aromatic rings. The van der Waals surface area contributed by atoms with Crippen LogP contribution in [0, 0.1) is 6.92 Å². The van der Waals surface area contributed by atoms with Crippen molar-refractivity contribution in [3.63, 3.8) is 0 Å². The first-order valence-corrected chi connectivity index (χ1v) is 7.92. The highest BCUT2D eigenvalue weighted by Crippen LogP contribution is 2.14. The lowest BCUT2D eigenvalue weighted by molar-refractivity contribution is -0.114. The van der Waals surface area contributed by atoms with Crippen LogP contribution in [0.15, 0.2) is 42.6 Å². The van der Waals surface area contributed by atoms with Crippen molar-refractivity contribution in [3.05, 3.63) is 59.4 Å². The number of nitrogens with one attached hydrogen (secondary N) is 1. The number of aryl methyl sites for hydroxylation is 1. The summed E-state index contributed by atoms with van der Waals surface area (Å²) in [5.74, 6) is -0.0471. The fraction of sp³-hybridized carbons (Fsp3) is 0.368. The molecule has 1 atom stereocenters. The maximum atomic E-state index is 11.0. The number of benzene rings is 1. The molecular weight excluding hydrogens is 286 g/mol. The molecule has 1 aromatic heterocycles. The summed E-state index contributed by atoms with van der Waals surface area (Å²) >= 11 is 0. The SMILES string of the molecule is CC(=O)Nc1ccc(CN(C)[C@H](C)Cc2cc(C)ccn2)cc1. The summed E-state index contributed by atoms with van der Waals surface area (Å²) in [4.78, 5) is 17.8. The molecule has 0 unspecified atom stereocenters. The molecule has 0 saturated carbocycles. The number of hydrogen-bond donors (Lipinski definition) is 1. The molecule has 0 aliphatic carbocycles. The molecule has 1 N–H and O–H groups in total. The second-order valence-corrected chi connectivity index (χ2v) is 6.17. The molecule has 1 aromatic carbocycles. The van der Waals surface area contributed by atoms with Crippen LogP contribution >= 0.6 is 0 Å². The van der Waals surface area contributed by atoms with Gasteiger partial charge in [-0.25, -0.2) is 0 Å². The van der Waals surface area contributed by atoms with Crippen LogP contribution in [-0.2, 0) is 17.8 Å². The largest absolute Gasteiger partial charge is 0.326 e. The average Bonchev–Trinajstić information content (AvgIpc) is 2.48. The van der Waals surface area contributed by atoms with Crippen molar-refractivity contribution in [2.45, 2.75) is 39.8 Å². The maximum Gasteiger partial charge on any atom is 0.221 e. The lowest BCUT2D eigenvalue weighted by Crippen LogP contribution is -2.30. The molecule has 1 heterocycles. The summed E-state index contributed by atoms with van der Waals surface area (Å²) < 4.78 is 0. The average molecular weight is 311 g/mol. The van der Waals surface area contributed by atoms with E-state index in [1.54, 1.807) is 0 Å². The lowest BCUT2D eigenvalue weighted by atomic mass is 10.1. The highest BCUT2D eigenvalue weighted by molar-refractivity contribution is 5.88. The van der Waals surface area contributed by atoms with E-state index in [9.17, 15) is 4.79 Å².